The van der Waals surface area contributed by atoms with Crippen molar-refractivity contribution in [2.24, 2.45) is 0 Å². The second kappa shape index (κ2) is 12.4. The maximum Gasteiger partial charge on any atom is 0.339 e. The Kier molecular flexibility index (Phi) is 8.84. The van der Waals surface area contributed by atoms with Crippen LogP contribution in [0.3, 0.4) is 0 Å². The van der Waals surface area contributed by atoms with Gasteiger partial charge in [0.05, 0.1) is 16.7 Å². The molecule has 3 aromatic rings. The van der Waals surface area contributed by atoms with Gasteiger partial charge in [-0.25, -0.2) is 14.4 Å². The van der Waals surface area contributed by atoms with Crippen LogP contribution in [0.4, 0.5) is 0 Å². The minimum absolute atomic E-state index is 0.462. The van der Waals surface area contributed by atoms with E-state index in [-0.39, 0.29) is 0 Å². The lowest BCUT2D eigenvalue weighted by Crippen LogP contribution is -2.61. The molecular formula is C27H24O18. The largest absolute Gasteiger partial charge is 0.504 e. The number of phenols is 9. The number of aliphatic hydroxyl groups is 2. The summed E-state index contributed by atoms with van der Waals surface area (Å²) in [4.78, 5) is 38.2. The lowest BCUT2D eigenvalue weighted by atomic mass is 9.98. The van der Waals surface area contributed by atoms with Crippen LogP contribution in [0.5, 0.6) is 51.7 Å². The summed E-state index contributed by atoms with van der Waals surface area (Å²) in [5.74, 6) is -12.4. The predicted octanol–water partition coefficient (Wildman–Crippen LogP) is -0.277. The van der Waals surface area contributed by atoms with E-state index >= 15 is 0 Å². The Morgan fingerprint density at radius 1 is 0.556 bits per heavy atom. The third kappa shape index (κ3) is 6.56. The topological polar surface area (TPSA) is 311 Å². The molecule has 0 aromatic heterocycles. The van der Waals surface area contributed by atoms with Gasteiger partial charge in [0.2, 0.25) is 0 Å². The summed E-state index contributed by atoms with van der Waals surface area (Å²) in [6.45, 7) is -0.894. The van der Waals surface area contributed by atoms with Gasteiger partial charge < -0.3 is 75.1 Å². The maximum atomic E-state index is 12.9. The molecule has 0 bridgehead atoms. The van der Waals surface area contributed by atoms with E-state index < -0.39 is 124 Å². The number of aromatic hydroxyl groups is 9. The van der Waals surface area contributed by atoms with Crippen molar-refractivity contribution in [3.8, 4) is 51.7 Å². The highest BCUT2D eigenvalue weighted by Crippen LogP contribution is 2.38. The molecule has 0 spiro atoms. The van der Waals surface area contributed by atoms with Crippen molar-refractivity contribution >= 4 is 17.9 Å². The Hall–Kier alpha value is -5.85. The fourth-order valence-electron chi connectivity index (χ4n) is 4.10. The van der Waals surface area contributed by atoms with Gasteiger partial charge in [-0.3, -0.25) is 0 Å². The van der Waals surface area contributed by atoms with E-state index in [0.29, 0.717) is 24.3 Å². The zero-order chi connectivity index (χ0) is 33.3. The van der Waals surface area contributed by atoms with Crippen molar-refractivity contribution in [1.29, 1.82) is 0 Å². The highest BCUT2D eigenvalue weighted by atomic mass is 16.7. The van der Waals surface area contributed by atoms with Crippen LogP contribution in [0.2, 0.25) is 0 Å². The quantitative estimate of drug-likeness (QED) is 0.0902. The van der Waals surface area contributed by atoms with Crippen molar-refractivity contribution in [2.45, 2.75) is 30.7 Å². The van der Waals surface area contributed by atoms with E-state index in [1.165, 1.54) is 0 Å². The van der Waals surface area contributed by atoms with Gasteiger partial charge in [0.15, 0.2) is 70.2 Å². The third-order valence-electron chi connectivity index (χ3n) is 6.42. The standard InChI is InChI=1S/C27H24O18/c28-11-1-8(2-12(29)18(11)34)24(38)42-7-17-21(37)22(44-25(39)9-3-13(30)19(35)14(31)4-9)23(27(41)43-17)45-26(40)10-5-15(32)20(36)16(33)6-10/h1-6,17,21-23,27-37,41H,7H2/t17-,21+,22-,23-,27-/m1/s1. The molecule has 1 saturated heterocycles. The number of carbonyl (C=O) groups is 3. The van der Waals surface area contributed by atoms with Crippen LogP contribution in [0.15, 0.2) is 36.4 Å². The van der Waals surface area contributed by atoms with Crippen LogP contribution < -0.4 is 0 Å². The molecular weight excluding hydrogens is 612 g/mol. The Morgan fingerprint density at radius 2 is 0.889 bits per heavy atom. The first-order valence-electron chi connectivity index (χ1n) is 12.4. The summed E-state index contributed by atoms with van der Waals surface area (Å²) in [7, 11) is 0. The molecule has 1 heterocycles. The van der Waals surface area contributed by atoms with Gasteiger partial charge in [0, 0.05) is 0 Å². The van der Waals surface area contributed by atoms with Crippen molar-refractivity contribution in [3.63, 3.8) is 0 Å². The third-order valence-corrected chi connectivity index (χ3v) is 6.42. The molecule has 45 heavy (non-hydrogen) atoms. The van der Waals surface area contributed by atoms with Crippen molar-refractivity contribution < 1.29 is 89.5 Å². The molecule has 1 aliphatic heterocycles. The highest BCUT2D eigenvalue weighted by molar-refractivity contribution is 5.92. The maximum absolute atomic E-state index is 12.9. The van der Waals surface area contributed by atoms with E-state index in [4.69, 9.17) is 18.9 Å². The molecule has 3 aromatic carbocycles. The SMILES string of the molecule is O=C(OC[C@H]1O[C@@H](O)[C@H](OC(=O)c2cc(O)c(O)c(O)c2)[C@H](OC(=O)c2cc(O)c(O)c(O)c2)[C@H]1O)c1cc(O)c(O)c(O)c1. The molecule has 0 unspecified atom stereocenters. The lowest BCUT2D eigenvalue weighted by molar-refractivity contribution is -0.284. The Morgan fingerprint density at radius 3 is 1.27 bits per heavy atom. The molecule has 18 heteroatoms. The van der Waals surface area contributed by atoms with Crippen LogP contribution in [0.1, 0.15) is 31.1 Å². The monoisotopic (exact) mass is 636 g/mol. The van der Waals surface area contributed by atoms with Gasteiger partial charge in [0.1, 0.15) is 18.8 Å². The molecule has 11 N–H and O–H groups in total. The minimum atomic E-state index is -2.23. The summed E-state index contributed by atoms with van der Waals surface area (Å²) in [5.41, 5.74) is -1.64. The van der Waals surface area contributed by atoms with E-state index in [2.05, 4.69) is 0 Å². The van der Waals surface area contributed by atoms with E-state index in [0.717, 1.165) is 12.1 Å². The smallest absolute Gasteiger partial charge is 0.339 e. The molecule has 1 aliphatic rings. The van der Waals surface area contributed by atoms with Gasteiger partial charge >= 0.3 is 17.9 Å². The molecule has 0 radical (unpaired) electrons. The molecule has 4 rings (SSSR count). The predicted molar refractivity (Wildman–Crippen MR) is 140 cm³/mol. The number of aliphatic hydroxyl groups excluding tert-OH is 2. The summed E-state index contributed by atoms with van der Waals surface area (Å²) in [5, 5.41) is 108. The summed E-state index contributed by atoms with van der Waals surface area (Å²) in [6, 6.07) is 4.18. The molecule has 0 aliphatic carbocycles. The van der Waals surface area contributed by atoms with Gasteiger partial charge in [-0.05, 0) is 36.4 Å². The normalized spacial score (nSPS) is 21.1. The fraction of sp³-hybridized carbons (Fsp3) is 0.222. The number of rotatable bonds is 7. The van der Waals surface area contributed by atoms with Crippen molar-refractivity contribution in [2.75, 3.05) is 6.61 Å². The number of hydrogen-bond acceptors (Lipinski definition) is 18. The minimum Gasteiger partial charge on any atom is -0.504 e. The van der Waals surface area contributed by atoms with E-state index in [1.54, 1.807) is 0 Å². The van der Waals surface area contributed by atoms with Gasteiger partial charge in [-0.1, -0.05) is 0 Å². The Bertz CT molecular complexity index is 1580. The number of phenolic OH excluding ortho intramolecular Hbond substituents is 9. The summed E-state index contributed by atoms with van der Waals surface area (Å²) >= 11 is 0. The van der Waals surface area contributed by atoms with Gasteiger partial charge in [-0.2, -0.15) is 0 Å². The highest BCUT2D eigenvalue weighted by Gasteiger charge is 2.50. The van der Waals surface area contributed by atoms with E-state index in [1.807, 2.05) is 0 Å². The zero-order valence-corrected chi connectivity index (χ0v) is 22.3. The number of esters is 3. The Labute approximate surface area is 249 Å². The van der Waals surface area contributed by atoms with Crippen LogP contribution in [-0.2, 0) is 18.9 Å². The average Bonchev–Trinajstić information content (AvgIpc) is 2.98. The van der Waals surface area contributed by atoms with Crippen molar-refractivity contribution in [3.05, 3.63) is 53.1 Å². The van der Waals surface area contributed by atoms with Crippen LogP contribution in [0, 0.1) is 0 Å². The number of hydrogen-bond donors (Lipinski definition) is 11. The molecule has 1 fully saturated rings. The second-order valence-corrected chi connectivity index (χ2v) is 9.48. The average molecular weight is 636 g/mol. The first-order chi connectivity index (χ1) is 21.1. The van der Waals surface area contributed by atoms with Crippen molar-refractivity contribution in [1.82, 2.24) is 0 Å². The number of ether oxygens (including phenoxy) is 4. The molecule has 0 saturated carbocycles. The first-order valence-corrected chi connectivity index (χ1v) is 12.4. The lowest BCUT2D eigenvalue weighted by Gasteiger charge is -2.41. The van der Waals surface area contributed by atoms with Gasteiger partial charge in [-0.15, -0.1) is 0 Å². The van der Waals surface area contributed by atoms with Crippen LogP contribution in [-0.4, -0.2) is 111 Å². The molecule has 0 amide bonds. The van der Waals surface area contributed by atoms with Crippen LogP contribution >= 0.6 is 0 Å². The van der Waals surface area contributed by atoms with Gasteiger partial charge in [0.25, 0.3) is 0 Å². The molecule has 18 nitrogen and oxygen atoms in total. The second-order valence-electron chi connectivity index (χ2n) is 9.48. The van der Waals surface area contributed by atoms with Crippen LogP contribution in [0.25, 0.3) is 0 Å². The number of benzene rings is 3. The Balaban J connectivity index is 1.60. The summed E-state index contributed by atoms with van der Waals surface area (Å²) < 4.78 is 20.5. The molecule has 240 valence electrons. The molecule has 5 atom stereocenters. The van der Waals surface area contributed by atoms with E-state index in [9.17, 15) is 70.6 Å². The zero-order valence-electron chi connectivity index (χ0n) is 22.3. The first kappa shape index (κ1) is 32.1. The summed E-state index contributed by atoms with van der Waals surface area (Å²) in [6.07, 6.45) is -10.2. The fourth-order valence-corrected chi connectivity index (χ4v) is 4.10. The number of carbonyl (C=O) groups excluding carboxylic acids is 3.